The Morgan fingerprint density at radius 2 is 2.04 bits per heavy atom. The smallest absolute Gasteiger partial charge is 0.258 e. The zero-order valence-electron chi connectivity index (χ0n) is 14.3. The summed E-state index contributed by atoms with van der Waals surface area (Å²) < 4.78 is 5.57. The lowest BCUT2D eigenvalue weighted by Crippen LogP contribution is -2.40. The van der Waals surface area contributed by atoms with Crippen molar-refractivity contribution in [2.45, 2.75) is 51.5 Å². The number of nitrogens with zero attached hydrogens (tertiary/aromatic N) is 1. The van der Waals surface area contributed by atoms with Crippen LogP contribution in [0.2, 0.25) is 0 Å². The molecule has 1 aliphatic heterocycles. The van der Waals surface area contributed by atoms with Crippen molar-refractivity contribution in [2.75, 3.05) is 18.1 Å². The number of nitrogens with one attached hydrogen (secondary N) is 1. The zero-order valence-corrected chi connectivity index (χ0v) is 14.3. The maximum absolute atomic E-state index is 12.0. The maximum Gasteiger partial charge on any atom is 0.258 e. The largest absolute Gasteiger partial charge is 0.484 e. The molecule has 2 unspecified atom stereocenters. The molecule has 24 heavy (non-hydrogen) atoms. The fraction of sp³-hybridized carbons (Fsp3) is 0.579. The Hall–Kier alpha value is -2.04. The van der Waals surface area contributed by atoms with Crippen molar-refractivity contribution in [3.8, 4) is 5.75 Å². The second-order valence-electron chi connectivity index (χ2n) is 6.97. The lowest BCUT2D eigenvalue weighted by molar-refractivity contribution is -0.124. The summed E-state index contributed by atoms with van der Waals surface area (Å²) in [5, 5.41) is 3.06. The fourth-order valence-electron chi connectivity index (χ4n) is 3.63. The molecular formula is C19H26N2O3. The molecule has 5 heteroatoms. The van der Waals surface area contributed by atoms with Gasteiger partial charge in [0.15, 0.2) is 6.61 Å². The van der Waals surface area contributed by atoms with E-state index in [0.29, 0.717) is 18.1 Å². The molecule has 2 atom stereocenters. The molecule has 1 saturated carbocycles. The Kier molecular flexibility index (Phi) is 5.38. The lowest BCUT2D eigenvalue weighted by Gasteiger charge is -2.27. The maximum atomic E-state index is 12.0. The molecule has 2 fully saturated rings. The highest BCUT2D eigenvalue weighted by atomic mass is 16.5. The Labute approximate surface area is 143 Å². The monoisotopic (exact) mass is 330 g/mol. The van der Waals surface area contributed by atoms with Gasteiger partial charge in [0, 0.05) is 24.7 Å². The molecule has 1 aromatic carbocycles. The van der Waals surface area contributed by atoms with Crippen LogP contribution in [0.5, 0.6) is 5.75 Å². The van der Waals surface area contributed by atoms with Crippen LogP contribution >= 0.6 is 0 Å². The molecule has 2 aliphatic rings. The number of carbonyl (C=O) groups excluding carboxylic acids is 2. The van der Waals surface area contributed by atoms with E-state index >= 15 is 0 Å². The van der Waals surface area contributed by atoms with Crippen molar-refractivity contribution in [3.63, 3.8) is 0 Å². The number of hydrogen-bond donors (Lipinski definition) is 1. The van der Waals surface area contributed by atoms with Gasteiger partial charge >= 0.3 is 0 Å². The van der Waals surface area contributed by atoms with Crippen molar-refractivity contribution in [2.24, 2.45) is 5.92 Å². The number of rotatable bonds is 5. The highest BCUT2D eigenvalue weighted by Gasteiger charge is 2.22. The van der Waals surface area contributed by atoms with Gasteiger partial charge in [-0.05, 0) is 49.4 Å². The Balaban J connectivity index is 1.46. The molecular weight excluding hydrogens is 304 g/mol. The molecule has 1 N–H and O–H groups in total. The van der Waals surface area contributed by atoms with Gasteiger partial charge in [-0.1, -0.05) is 19.8 Å². The Bertz CT molecular complexity index is 585. The summed E-state index contributed by atoms with van der Waals surface area (Å²) in [6, 6.07) is 7.67. The molecule has 0 bridgehead atoms. The topological polar surface area (TPSA) is 58.6 Å². The van der Waals surface area contributed by atoms with Gasteiger partial charge in [-0.15, -0.1) is 0 Å². The van der Waals surface area contributed by atoms with E-state index in [1.807, 2.05) is 24.3 Å². The average Bonchev–Trinajstić information content (AvgIpc) is 2.99. The number of hydrogen-bond acceptors (Lipinski definition) is 3. The highest BCUT2D eigenvalue weighted by Crippen LogP contribution is 2.24. The summed E-state index contributed by atoms with van der Waals surface area (Å²) >= 11 is 0. The van der Waals surface area contributed by atoms with E-state index in [9.17, 15) is 9.59 Å². The van der Waals surface area contributed by atoms with Gasteiger partial charge < -0.3 is 15.0 Å². The Morgan fingerprint density at radius 3 is 2.71 bits per heavy atom. The molecule has 1 aromatic rings. The molecule has 2 amide bonds. The minimum Gasteiger partial charge on any atom is -0.484 e. The first-order valence-electron chi connectivity index (χ1n) is 8.94. The van der Waals surface area contributed by atoms with Crippen molar-refractivity contribution in [1.82, 2.24) is 5.32 Å². The summed E-state index contributed by atoms with van der Waals surface area (Å²) in [6.07, 6.45) is 6.10. The molecule has 0 aromatic heterocycles. The molecule has 0 radical (unpaired) electrons. The van der Waals surface area contributed by atoms with E-state index in [2.05, 4.69) is 12.2 Å². The van der Waals surface area contributed by atoms with Gasteiger partial charge in [0.2, 0.25) is 5.91 Å². The predicted molar refractivity (Wildman–Crippen MR) is 93.1 cm³/mol. The molecule has 1 saturated heterocycles. The number of carbonyl (C=O) groups is 2. The quantitative estimate of drug-likeness (QED) is 0.903. The van der Waals surface area contributed by atoms with Crippen LogP contribution in [0, 0.1) is 5.92 Å². The van der Waals surface area contributed by atoms with Gasteiger partial charge in [-0.25, -0.2) is 0 Å². The summed E-state index contributed by atoms with van der Waals surface area (Å²) in [6.45, 7) is 3.05. The van der Waals surface area contributed by atoms with E-state index in [4.69, 9.17) is 4.74 Å². The Morgan fingerprint density at radius 1 is 1.25 bits per heavy atom. The van der Waals surface area contributed by atoms with E-state index in [1.54, 1.807) is 4.90 Å². The van der Waals surface area contributed by atoms with E-state index < -0.39 is 0 Å². The van der Waals surface area contributed by atoms with Crippen LogP contribution in [0.1, 0.15) is 45.4 Å². The molecule has 1 heterocycles. The van der Waals surface area contributed by atoms with E-state index in [1.165, 1.54) is 12.8 Å². The van der Waals surface area contributed by atoms with Crippen LogP contribution < -0.4 is 15.0 Å². The van der Waals surface area contributed by atoms with Gasteiger partial charge in [0.1, 0.15) is 5.75 Å². The van der Waals surface area contributed by atoms with Crippen LogP contribution in [0.4, 0.5) is 5.69 Å². The second-order valence-corrected chi connectivity index (χ2v) is 6.97. The van der Waals surface area contributed by atoms with Crippen LogP contribution in [0.25, 0.3) is 0 Å². The first-order valence-corrected chi connectivity index (χ1v) is 8.94. The molecule has 3 rings (SSSR count). The van der Waals surface area contributed by atoms with Crippen LogP contribution in [-0.4, -0.2) is 31.0 Å². The summed E-state index contributed by atoms with van der Waals surface area (Å²) in [7, 11) is 0. The highest BCUT2D eigenvalue weighted by molar-refractivity contribution is 5.95. The summed E-state index contributed by atoms with van der Waals surface area (Å²) in [5.74, 6) is 1.45. The SMILES string of the molecule is CC1CCCC(NC(=O)COc2ccc(N3CCCC3=O)cc2)C1. The van der Waals surface area contributed by atoms with Gasteiger partial charge in [0.25, 0.3) is 5.91 Å². The lowest BCUT2D eigenvalue weighted by atomic mass is 9.87. The normalized spacial score (nSPS) is 24.0. The third kappa shape index (κ3) is 4.28. The zero-order chi connectivity index (χ0) is 16.9. The van der Waals surface area contributed by atoms with E-state index in [0.717, 1.165) is 31.5 Å². The summed E-state index contributed by atoms with van der Waals surface area (Å²) in [4.78, 5) is 25.5. The minimum atomic E-state index is -0.0621. The predicted octanol–water partition coefficient (Wildman–Crippen LogP) is 2.89. The second kappa shape index (κ2) is 7.69. The number of amides is 2. The number of benzene rings is 1. The van der Waals surface area contributed by atoms with Crippen molar-refractivity contribution >= 4 is 17.5 Å². The molecule has 1 aliphatic carbocycles. The van der Waals surface area contributed by atoms with E-state index in [-0.39, 0.29) is 24.5 Å². The number of ether oxygens (including phenoxy) is 1. The summed E-state index contributed by atoms with van der Waals surface area (Å²) in [5.41, 5.74) is 0.894. The first kappa shape index (κ1) is 16.8. The first-order chi connectivity index (χ1) is 11.6. The van der Waals surface area contributed by atoms with Crippen LogP contribution in [0.3, 0.4) is 0 Å². The van der Waals surface area contributed by atoms with Crippen molar-refractivity contribution in [3.05, 3.63) is 24.3 Å². The van der Waals surface area contributed by atoms with Crippen LogP contribution in [0.15, 0.2) is 24.3 Å². The molecule has 5 nitrogen and oxygen atoms in total. The molecule has 0 spiro atoms. The van der Waals surface area contributed by atoms with Gasteiger partial charge in [-0.2, -0.15) is 0 Å². The van der Waals surface area contributed by atoms with Gasteiger partial charge in [-0.3, -0.25) is 9.59 Å². The van der Waals surface area contributed by atoms with Crippen LogP contribution in [-0.2, 0) is 9.59 Å². The fourth-order valence-corrected chi connectivity index (χ4v) is 3.63. The number of anilines is 1. The van der Waals surface area contributed by atoms with Crippen molar-refractivity contribution in [1.29, 1.82) is 0 Å². The van der Waals surface area contributed by atoms with Gasteiger partial charge in [0.05, 0.1) is 0 Å². The average molecular weight is 330 g/mol. The van der Waals surface area contributed by atoms with Crippen molar-refractivity contribution < 1.29 is 14.3 Å². The standard InChI is InChI=1S/C19H26N2O3/c1-14-4-2-5-15(12-14)20-18(22)13-24-17-9-7-16(8-10-17)21-11-3-6-19(21)23/h7-10,14-15H,2-6,11-13H2,1H3,(H,20,22). The third-order valence-electron chi connectivity index (χ3n) is 4.89. The minimum absolute atomic E-state index is 0.0346. The molecule has 130 valence electrons. The third-order valence-corrected chi connectivity index (χ3v) is 4.89.